The van der Waals surface area contributed by atoms with Crippen LogP contribution in [0.3, 0.4) is 0 Å². The van der Waals surface area contributed by atoms with E-state index in [2.05, 4.69) is 22.9 Å². The molecule has 29 heavy (non-hydrogen) atoms. The summed E-state index contributed by atoms with van der Waals surface area (Å²) in [6, 6.07) is 13.9. The lowest BCUT2D eigenvalue weighted by molar-refractivity contribution is -0.122. The lowest BCUT2D eigenvalue weighted by atomic mass is 9.76. The van der Waals surface area contributed by atoms with Gasteiger partial charge in [0.15, 0.2) is 12.4 Å². The number of hydrogen-bond acceptors (Lipinski definition) is 4. The molecule has 0 spiro atoms. The van der Waals surface area contributed by atoms with Crippen molar-refractivity contribution in [3.63, 3.8) is 0 Å². The van der Waals surface area contributed by atoms with Crippen molar-refractivity contribution in [2.24, 2.45) is 17.8 Å². The van der Waals surface area contributed by atoms with Crippen molar-refractivity contribution in [1.82, 2.24) is 0 Å². The first-order chi connectivity index (χ1) is 13.9. The number of ketones is 1. The fourth-order valence-corrected chi connectivity index (χ4v) is 4.49. The van der Waals surface area contributed by atoms with Gasteiger partial charge in [-0.05, 0) is 49.4 Å². The van der Waals surface area contributed by atoms with Gasteiger partial charge in [0.25, 0.3) is 0 Å². The number of ether oxygens (including phenoxy) is 1. The minimum absolute atomic E-state index is 0.115. The van der Waals surface area contributed by atoms with Gasteiger partial charge in [-0.15, -0.1) is 0 Å². The molecule has 0 radical (unpaired) electrons. The van der Waals surface area contributed by atoms with E-state index >= 15 is 0 Å². The zero-order valence-electron chi connectivity index (χ0n) is 16.1. The van der Waals surface area contributed by atoms with E-state index in [-0.39, 0.29) is 36.0 Å². The van der Waals surface area contributed by atoms with Crippen LogP contribution in [-0.4, -0.2) is 24.2 Å². The number of benzene rings is 2. The van der Waals surface area contributed by atoms with E-state index in [0.717, 1.165) is 23.7 Å². The van der Waals surface area contributed by atoms with Crippen molar-refractivity contribution in [3.05, 3.63) is 58.6 Å². The van der Waals surface area contributed by atoms with Crippen LogP contribution in [0.15, 0.2) is 53.0 Å². The van der Waals surface area contributed by atoms with Gasteiger partial charge in [0, 0.05) is 16.1 Å². The maximum Gasteiger partial charge on any atom is 0.237 e. The summed E-state index contributed by atoms with van der Waals surface area (Å²) in [6.45, 7) is 2.02. The molecule has 5 nitrogen and oxygen atoms in total. The second-order valence-corrected chi connectivity index (χ2v) is 8.77. The summed E-state index contributed by atoms with van der Waals surface area (Å²) in [5.74, 6) is 0.127. The van der Waals surface area contributed by atoms with Crippen LogP contribution in [0, 0.1) is 17.8 Å². The normalized spacial score (nSPS) is 23.8. The Morgan fingerprint density at radius 1 is 1.07 bits per heavy atom. The number of fused-ring (bicyclic) bond motifs is 1. The summed E-state index contributed by atoms with van der Waals surface area (Å²) in [5, 5.41) is 0. The lowest BCUT2D eigenvalue weighted by Gasteiger charge is -2.25. The van der Waals surface area contributed by atoms with Crippen molar-refractivity contribution >= 4 is 39.2 Å². The summed E-state index contributed by atoms with van der Waals surface area (Å²) < 4.78 is 6.55. The van der Waals surface area contributed by atoms with Gasteiger partial charge in [0.05, 0.1) is 17.5 Å². The number of hydrogen-bond donors (Lipinski definition) is 0. The maximum atomic E-state index is 12.9. The first-order valence-corrected chi connectivity index (χ1v) is 10.6. The molecule has 2 aromatic rings. The van der Waals surface area contributed by atoms with Crippen molar-refractivity contribution in [1.29, 1.82) is 0 Å². The Hall–Kier alpha value is -2.47. The number of imide groups is 1. The quantitative estimate of drug-likeness (QED) is 0.486. The third kappa shape index (κ3) is 3.99. The number of halogens is 1. The van der Waals surface area contributed by atoms with Crippen LogP contribution in [0.1, 0.15) is 36.5 Å². The molecule has 1 aliphatic heterocycles. The molecule has 0 aromatic heterocycles. The van der Waals surface area contributed by atoms with Crippen LogP contribution in [0.4, 0.5) is 5.69 Å². The van der Waals surface area contributed by atoms with Crippen LogP contribution >= 0.6 is 15.9 Å². The smallest absolute Gasteiger partial charge is 0.237 e. The van der Waals surface area contributed by atoms with Gasteiger partial charge in [0.2, 0.25) is 11.8 Å². The average molecular weight is 456 g/mol. The van der Waals surface area contributed by atoms with Crippen LogP contribution in [0.25, 0.3) is 0 Å². The summed E-state index contributed by atoms with van der Waals surface area (Å²) >= 11 is 3.34. The molecule has 1 saturated carbocycles. The standard InChI is InChI=1S/C23H22BrNO4/c1-14-5-10-19-20(11-14)23(28)25(22(19)27)17-3-2-4-18(12-17)29-13-21(26)15-6-8-16(24)9-7-15/h2-4,6-9,12,14,19-20H,5,10-11,13H2,1H3/t14-,19-,20+/m0/s1. The molecule has 0 unspecified atom stereocenters. The molecule has 4 rings (SSSR count). The summed E-state index contributed by atoms with van der Waals surface area (Å²) in [4.78, 5) is 39.4. The Morgan fingerprint density at radius 2 is 1.79 bits per heavy atom. The van der Waals surface area contributed by atoms with E-state index in [1.165, 1.54) is 4.90 Å². The van der Waals surface area contributed by atoms with Crippen molar-refractivity contribution in [2.45, 2.75) is 26.2 Å². The Bertz CT molecular complexity index is 956. The van der Waals surface area contributed by atoms with Crippen molar-refractivity contribution < 1.29 is 19.1 Å². The van der Waals surface area contributed by atoms with E-state index < -0.39 is 0 Å². The zero-order valence-corrected chi connectivity index (χ0v) is 17.7. The van der Waals surface area contributed by atoms with Gasteiger partial charge in [-0.1, -0.05) is 41.1 Å². The molecule has 6 heteroatoms. The third-order valence-corrected chi connectivity index (χ3v) is 6.33. The molecule has 1 aliphatic carbocycles. The molecule has 2 fully saturated rings. The maximum absolute atomic E-state index is 12.9. The summed E-state index contributed by atoms with van der Waals surface area (Å²) in [6.07, 6.45) is 2.52. The highest BCUT2D eigenvalue weighted by atomic mass is 79.9. The topological polar surface area (TPSA) is 63.7 Å². The van der Waals surface area contributed by atoms with Gasteiger partial charge < -0.3 is 4.74 Å². The number of amides is 2. The Morgan fingerprint density at radius 3 is 2.55 bits per heavy atom. The Kier molecular flexibility index (Phi) is 5.54. The predicted octanol–water partition coefficient (Wildman–Crippen LogP) is 4.64. The first kappa shape index (κ1) is 19.8. The Labute approximate surface area is 178 Å². The van der Waals surface area contributed by atoms with E-state index in [9.17, 15) is 14.4 Å². The molecule has 0 N–H and O–H groups in total. The SMILES string of the molecule is C[C@H]1CC[C@@H]2C(=O)N(c3cccc(OCC(=O)c4ccc(Br)cc4)c3)C(=O)[C@@H]2C1. The van der Waals surface area contributed by atoms with E-state index in [4.69, 9.17) is 4.74 Å². The van der Waals surface area contributed by atoms with Gasteiger partial charge in [-0.2, -0.15) is 0 Å². The van der Waals surface area contributed by atoms with Crippen LogP contribution in [0.5, 0.6) is 5.75 Å². The predicted molar refractivity (Wildman–Crippen MR) is 113 cm³/mol. The Balaban J connectivity index is 1.47. The minimum Gasteiger partial charge on any atom is -0.485 e. The monoisotopic (exact) mass is 455 g/mol. The van der Waals surface area contributed by atoms with Gasteiger partial charge in [-0.3, -0.25) is 14.4 Å². The number of anilines is 1. The fourth-order valence-electron chi connectivity index (χ4n) is 4.22. The summed E-state index contributed by atoms with van der Waals surface area (Å²) in [7, 11) is 0. The van der Waals surface area contributed by atoms with Gasteiger partial charge >= 0.3 is 0 Å². The number of carbonyl (C=O) groups excluding carboxylic acids is 3. The molecule has 1 heterocycles. The summed E-state index contributed by atoms with van der Waals surface area (Å²) in [5.41, 5.74) is 1.07. The molecule has 0 bridgehead atoms. The van der Waals surface area contributed by atoms with E-state index in [0.29, 0.717) is 22.9 Å². The molecule has 2 amide bonds. The molecule has 1 saturated heterocycles. The number of carbonyl (C=O) groups is 3. The third-order valence-electron chi connectivity index (χ3n) is 5.80. The fraction of sp³-hybridized carbons (Fsp3) is 0.348. The first-order valence-electron chi connectivity index (χ1n) is 9.83. The average Bonchev–Trinajstić information content (AvgIpc) is 2.96. The van der Waals surface area contributed by atoms with Crippen LogP contribution in [-0.2, 0) is 9.59 Å². The largest absolute Gasteiger partial charge is 0.485 e. The molecular formula is C23H22BrNO4. The highest BCUT2D eigenvalue weighted by molar-refractivity contribution is 9.10. The van der Waals surface area contributed by atoms with Gasteiger partial charge in [-0.25, -0.2) is 4.90 Å². The molecule has 2 aliphatic rings. The molecule has 3 atom stereocenters. The number of Topliss-reactive ketones (excluding diaryl/α,β-unsaturated/α-hetero) is 1. The molecule has 150 valence electrons. The number of rotatable bonds is 5. The van der Waals surface area contributed by atoms with Crippen LogP contribution < -0.4 is 9.64 Å². The van der Waals surface area contributed by atoms with Crippen LogP contribution in [0.2, 0.25) is 0 Å². The highest BCUT2D eigenvalue weighted by Gasteiger charge is 2.49. The second kappa shape index (κ2) is 8.11. The van der Waals surface area contributed by atoms with E-state index in [1.54, 1.807) is 48.5 Å². The minimum atomic E-state index is -0.213. The van der Waals surface area contributed by atoms with Crippen molar-refractivity contribution in [3.8, 4) is 5.75 Å². The van der Waals surface area contributed by atoms with Crippen molar-refractivity contribution in [2.75, 3.05) is 11.5 Å². The zero-order chi connectivity index (χ0) is 20.5. The molecular weight excluding hydrogens is 434 g/mol. The second-order valence-electron chi connectivity index (χ2n) is 7.86. The van der Waals surface area contributed by atoms with Gasteiger partial charge in [0.1, 0.15) is 5.75 Å². The van der Waals surface area contributed by atoms with E-state index in [1.807, 2.05) is 0 Å². The number of nitrogens with zero attached hydrogens (tertiary/aromatic N) is 1. The highest BCUT2D eigenvalue weighted by Crippen LogP contribution is 2.42. The lowest BCUT2D eigenvalue weighted by Crippen LogP contribution is -2.30. The molecule has 2 aromatic carbocycles.